The highest BCUT2D eigenvalue weighted by Gasteiger charge is 2.22. The zero-order valence-electron chi connectivity index (χ0n) is 7.11. The van der Waals surface area contributed by atoms with Crippen molar-refractivity contribution in [2.45, 2.75) is 19.3 Å². The van der Waals surface area contributed by atoms with E-state index in [0.29, 0.717) is 0 Å². The van der Waals surface area contributed by atoms with E-state index in [0.717, 1.165) is 18.9 Å². The second kappa shape index (κ2) is 3.63. The minimum atomic E-state index is 1.07. The topological polar surface area (TPSA) is 31.7 Å². The van der Waals surface area contributed by atoms with Crippen LogP contribution in [0.5, 0.6) is 0 Å². The molecule has 2 rings (SSSR count). The van der Waals surface area contributed by atoms with E-state index in [1.807, 2.05) is 6.07 Å². The summed E-state index contributed by atoms with van der Waals surface area (Å²) in [4.78, 5) is 10.4. The smallest absolute Gasteiger partial charge is 0.244 e. The van der Waals surface area contributed by atoms with Gasteiger partial charge in [0, 0.05) is 25.1 Å². The van der Waals surface area contributed by atoms with Crippen molar-refractivity contribution in [2.24, 2.45) is 0 Å². The van der Waals surface area contributed by atoms with Crippen LogP contribution in [-0.4, -0.2) is 23.1 Å². The Hall–Kier alpha value is -0.960. The number of piperidine rings is 1. The number of hydrogen-bond acceptors (Lipinski definition) is 3. The quantitative estimate of drug-likeness (QED) is 0.586. The molecule has 3 heteroatoms. The third kappa shape index (κ3) is 1.61. The first kappa shape index (κ1) is 7.68. The van der Waals surface area contributed by atoms with Crippen molar-refractivity contribution in [1.82, 2.24) is 14.9 Å². The van der Waals surface area contributed by atoms with E-state index in [9.17, 15) is 0 Å². The highest BCUT2D eigenvalue weighted by molar-refractivity contribution is 5.26. The van der Waals surface area contributed by atoms with E-state index < -0.39 is 0 Å². The number of hydrogen-bond donors (Lipinski definition) is 0. The van der Waals surface area contributed by atoms with Crippen LogP contribution in [0.1, 0.15) is 19.3 Å². The Labute approximate surface area is 72.4 Å². The van der Waals surface area contributed by atoms with Gasteiger partial charge in [-0.05, 0) is 6.42 Å². The fraction of sp³-hybridized carbons (Fsp3) is 0.556. The van der Waals surface area contributed by atoms with Gasteiger partial charge in [-0.25, -0.2) is 4.98 Å². The summed E-state index contributed by atoms with van der Waals surface area (Å²) in [6.07, 6.45) is 7.37. The first-order valence-corrected chi connectivity index (χ1v) is 4.48. The maximum atomic E-state index is 4.22. The van der Waals surface area contributed by atoms with Crippen molar-refractivity contribution in [1.29, 1.82) is 0 Å². The lowest BCUT2D eigenvalue weighted by Gasteiger charge is -2.14. The third-order valence-electron chi connectivity index (χ3n) is 2.25. The van der Waals surface area contributed by atoms with Crippen molar-refractivity contribution in [3.05, 3.63) is 18.6 Å². The Morgan fingerprint density at radius 1 is 1.17 bits per heavy atom. The Morgan fingerprint density at radius 3 is 2.67 bits per heavy atom. The average Bonchev–Trinajstić information content (AvgIpc) is 2.21. The van der Waals surface area contributed by atoms with Crippen molar-refractivity contribution < 1.29 is 0 Å². The van der Waals surface area contributed by atoms with Gasteiger partial charge in [0.2, 0.25) is 0 Å². The van der Waals surface area contributed by atoms with Gasteiger partial charge in [-0.1, -0.05) is 0 Å². The Morgan fingerprint density at radius 2 is 2.00 bits per heavy atom. The van der Waals surface area contributed by atoms with Crippen molar-refractivity contribution in [2.75, 3.05) is 13.1 Å². The van der Waals surface area contributed by atoms with Crippen molar-refractivity contribution in [3.8, 4) is 0 Å². The Balaban J connectivity index is 2.08. The lowest BCUT2D eigenvalue weighted by molar-refractivity contribution is 0.417. The van der Waals surface area contributed by atoms with Crippen LogP contribution in [0.3, 0.4) is 0 Å². The van der Waals surface area contributed by atoms with Crippen LogP contribution >= 0.6 is 0 Å². The third-order valence-corrected chi connectivity index (χ3v) is 2.25. The van der Waals surface area contributed by atoms with Crippen LogP contribution < -0.4 is 4.90 Å². The molecular formula is C9H13N3+. The van der Waals surface area contributed by atoms with E-state index in [2.05, 4.69) is 14.9 Å². The van der Waals surface area contributed by atoms with E-state index in [1.165, 1.54) is 19.3 Å². The van der Waals surface area contributed by atoms with Gasteiger partial charge in [0.25, 0.3) is 5.82 Å². The number of rotatable bonds is 1. The molecule has 0 spiro atoms. The summed E-state index contributed by atoms with van der Waals surface area (Å²) in [5, 5.41) is 0. The molecule has 2 heterocycles. The first-order valence-electron chi connectivity index (χ1n) is 4.48. The second-order valence-electron chi connectivity index (χ2n) is 3.12. The molecular weight excluding hydrogens is 150 g/mol. The molecule has 1 radical (unpaired) electrons. The van der Waals surface area contributed by atoms with E-state index in [4.69, 9.17) is 0 Å². The van der Waals surface area contributed by atoms with Gasteiger partial charge in [-0.2, -0.15) is 4.98 Å². The summed E-state index contributed by atoms with van der Waals surface area (Å²) in [5.74, 6) is 1.07. The van der Waals surface area contributed by atoms with Gasteiger partial charge < -0.3 is 0 Å². The van der Waals surface area contributed by atoms with Gasteiger partial charge >= 0.3 is 0 Å². The van der Waals surface area contributed by atoms with Gasteiger partial charge in [0.1, 0.15) is 19.4 Å². The zero-order chi connectivity index (χ0) is 8.23. The minimum absolute atomic E-state index is 1.07. The standard InChI is InChI=1S/C9H13N3/c1-2-6-12(7-3-1)9-4-5-10-8-11-9/h4-5,8H,1-3,6-7H2/q+1. The van der Waals surface area contributed by atoms with Crippen molar-refractivity contribution >= 4 is 5.82 Å². The molecule has 0 N–H and O–H groups in total. The molecule has 0 unspecified atom stereocenters. The lowest BCUT2D eigenvalue weighted by atomic mass is 10.1. The minimum Gasteiger partial charge on any atom is -0.244 e. The first-order chi connectivity index (χ1) is 5.97. The molecule has 63 valence electrons. The van der Waals surface area contributed by atoms with Gasteiger partial charge in [-0.3, -0.25) is 0 Å². The summed E-state index contributed by atoms with van der Waals surface area (Å²) >= 11 is 0. The monoisotopic (exact) mass is 163 g/mol. The molecule has 0 saturated carbocycles. The van der Waals surface area contributed by atoms with Crippen LogP contribution in [0.15, 0.2) is 18.6 Å². The molecule has 0 bridgehead atoms. The van der Waals surface area contributed by atoms with Crippen LogP contribution in [0.2, 0.25) is 0 Å². The lowest BCUT2D eigenvalue weighted by Crippen LogP contribution is -2.31. The summed E-state index contributed by atoms with van der Waals surface area (Å²) in [6, 6.07) is 1.98. The molecule has 1 aliphatic rings. The highest BCUT2D eigenvalue weighted by Crippen LogP contribution is 2.14. The second-order valence-corrected chi connectivity index (χ2v) is 3.12. The van der Waals surface area contributed by atoms with Gasteiger partial charge in [-0.15, -0.1) is 4.90 Å². The van der Waals surface area contributed by atoms with Crippen LogP contribution in [-0.2, 0) is 0 Å². The van der Waals surface area contributed by atoms with E-state index >= 15 is 0 Å². The predicted octanol–water partition coefficient (Wildman–Crippen LogP) is 1.43. The van der Waals surface area contributed by atoms with Gasteiger partial charge in [0.15, 0.2) is 0 Å². The predicted molar refractivity (Wildman–Crippen MR) is 47.4 cm³/mol. The van der Waals surface area contributed by atoms with Crippen LogP contribution in [0, 0.1) is 0 Å². The number of anilines is 1. The molecule has 0 amide bonds. The summed E-state index contributed by atoms with van der Waals surface area (Å²) in [6.45, 7) is 2.30. The molecule has 0 aliphatic carbocycles. The SMILES string of the molecule is c1cc([N+]2CCCCC2)ncn1. The summed E-state index contributed by atoms with van der Waals surface area (Å²) in [5.41, 5.74) is 0. The van der Waals surface area contributed by atoms with Crippen molar-refractivity contribution in [3.63, 3.8) is 0 Å². The molecule has 0 atom stereocenters. The van der Waals surface area contributed by atoms with Crippen LogP contribution in [0.4, 0.5) is 5.82 Å². The molecule has 1 aromatic heterocycles. The maximum Gasteiger partial charge on any atom is 0.279 e. The fourth-order valence-corrected chi connectivity index (χ4v) is 1.59. The molecule has 1 aromatic rings. The molecule has 1 fully saturated rings. The van der Waals surface area contributed by atoms with Crippen LogP contribution in [0.25, 0.3) is 0 Å². The highest BCUT2D eigenvalue weighted by atomic mass is 15.2. The van der Waals surface area contributed by atoms with E-state index in [1.54, 1.807) is 12.5 Å². The van der Waals surface area contributed by atoms with Gasteiger partial charge in [0.05, 0.1) is 0 Å². The average molecular weight is 163 g/mol. The molecule has 0 aromatic carbocycles. The molecule has 3 nitrogen and oxygen atoms in total. The number of aromatic nitrogens is 2. The maximum absolute atomic E-state index is 4.22. The summed E-state index contributed by atoms with van der Waals surface area (Å²) < 4.78 is 0. The molecule has 1 saturated heterocycles. The Bertz CT molecular complexity index is 229. The largest absolute Gasteiger partial charge is 0.279 e. The van der Waals surface area contributed by atoms with E-state index in [-0.39, 0.29) is 0 Å². The zero-order valence-corrected chi connectivity index (χ0v) is 7.11. The fourth-order valence-electron chi connectivity index (χ4n) is 1.59. The summed E-state index contributed by atoms with van der Waals surface area (Å²) in [7, 11) is 0. The molecule has 1 aliphatic heterocycles. The number of nitrogens with zero attached hydrogens (tertiary/aromatic N) is 3. The molecule has 12 heavy (non-hydrogen) atoms. The Kier molecular flexibility index (Phi) is 2.32. The normalized spacial score (nSPS) is 19.3.